The standard InChI is InChI=1S/C23H26N2O6/c1-15(2)13-29-17-8-6-7-16(11-17)23(28)30-14-21(26)25-12-20(22(27)24-3)31-19-10-5-4-9-18(19)25/h4-11,15,20H,12-14H2,1-3H3,(H,24,27). The topological polar surface area (TPSA) is 94.2 Å². The largest absolute Gasteiger partial charge is 0.493 e. The van der Waals surface area contributed by atoms with Crippen molar-refractivity contribution < 1.29 is 28.6 Å². The molecule has 1 aliphatic rings. The van der Waals surface area contributed by atoms with E-state index in [1.165, 1.54) is 11.9 Å². The van der Waals surface area contributed by atoms with E-state index in [1.54, 1.807) is 48.5 Å². The van der Waals surface area contributed by atoms with Crippen LogP contribution in [0, 0.1) is 5.92 Å². The van der Waals surface area contributed by atoms with E-state index in [9.17, 15) is 14.4 Å². The number of fused-ring (bicyclic) bond motifs is 1. The van der Waals surface area contributed by atoms with Gasteiger partial charge in [-0.05, 0) is 36.2 Å². The van der Waals surface area contributed by atoms with E-state index in [-0.39, 0.29) is 12.5 Å². The summed E-state index contributed by atoms with van der Waals surface area (Å²) in [7, 11) is 1.50. The van der Waals surface area contributed by atoms with Crippen molar-refractivity contribution >= 4 is 23.5 Å². The molecule has 2 amide bonds. The SMILES string of the molecule is CNC(=O)C1CN(C(=O)COC(=O)c2cccc(OCC(C)C)c2)c2ccccc2O1. The fourth-order valence-electron chi connectivity index (χ4n) is 3.03. The number of likely N-dealkylation sites (N-methyl/N-ethyl adjacent to an activating group) is 1. The van der Waals surface area contributed by atoms with Gasteiger partial charge in [-0.15, -0.1) is 0 Å². The molecule has 2 aromatic rings. The van der Waals surface area contributed by atoms with Crippen LogP contribution in [-0.2, 0) is 14.3 Å². The number of nitrogens with one attached hydrogen (secondary N) is 1. The molecular weight excluding hydrogens is 400 g/mol. The van der Waals surface area contributed by atoms with Crippen molar-refractivity contribution in [2.45, 2.75) is 20.0 Å². The van der Waals surface area contributed by atoms with Gasteiger partial charge in [0.15, 0.2) is 12.7 Å². The lowest BCUT2D eigenvalue weighted by molar-refractivity contribution is -0.128. The number of amides is 2. The molecule has 0 spiro atoms. The first-order valence-electron chi connectivity index (χ1n) is 10.1. The van der Waals surface area contributed by atoms with Crippen LogP contribution in [0.1, 0.15) is 24.2 Å². The minimum Gasteiger partial charge on any atom is -0.493 e. The summed E-state index contributed by atoms with van der Waals surface area (Å²) in [4.78, 5) is 38.7. The van der Waals surface area contributed by atoms with E-state index >= 15 is 0 Å². The van der Waals surface area contributed by atoms with E-state index in [0.29, 0.717) is 35.3 Å². The zero-order valence-electron chi connectivity index (χ0n) is 17.8. The Bertz CT molecular complexity index is 959. The van der Waals surface area contributed by atoms with Crippen molar-refractivity contribution in [2.75, 3.05) is 31.7 Å². The third kappa shape index (κ3) is 5.53. The van der Waals surface area contributed by atoms with E-state index in [1.807, 2.05) is 13.8 Å². The minimum absolute atomic E-state index is 0.0194. The van der Waals surface area contributed by atoms with Crippen LogP contribution in [0.25, 0.3) is 0 Å². The molecule has 0 saturated carbocycles. The zero-order chi connectivity index (χ0) is 22.4. The normalized spacial score (nSPS) is 15.0. The number of carbonyl (C=O) groups excluding carboxylic acids is 3. The number of esters is 1. The molecule has 1 N–H and O–H groups in total. The molecule has 164 valence electrons. The molecule has 0 radical (unpaired) electrons. The monoisotopic (exact) mass is 426 g/mol. The first-order chi connectivity index (χ1) is 14.9. The maximum Gasteiger partial charge on any atom is 0.338 e. The second-order valence-electron chi connectivity index (χ2n) is 7.50. The second kappa shape index (κ2) is 9.97. The van der Waals surface area contributed by atoms with Crippen LogP contribution in [-0.4, -0.2) is 50.7 Å². The zero-order valence-corrected chi connectivity index (χ0v) is 17.8. The fraction of sp³-hybridized carbons (Fsp3) is 0.348. The molecule has 8 heteroatoms. The Hall–Kier alpha value is -3.55. The van der Waals surface area contributed by atoms with Crippen LogP contribution in [0.15, 0.2) is 48.5 Å². The molecule has 0 aliphatic carbocycles. The summed E-state index contributed by atoms with van der Waals surface area (Å²) in [6.07, 6.45) is -0.852. The molecule has 0 aromatic heterocycles. The van der Waals surface area contributed by atoms with Crippen molar-refractivity contribution in [3.63, 3.8) is 0 Å². The Morgan fingerprint density at radius 3 is 2.68 bits per heavy atom. The van der Waals surface area contributed by atoms with Crippen LogP contribution >= 0.6 is 0 Å². The number of hydrogen-bond acceptors (Lipinski definition) is 6. The Balaban J connectivity index is 1.66. The van der Waals surface area contributed by atoms with Crippen LogP contribution in [0.4, 0.5) is 5.69 Å². The summed E-state index contributed by atoms with van der Waals surface area (Å²) < 4.78 is 16.5. The van der Waals surface area contributed by atoms with Gasteiger partial charge in [-0.1, -0.05) is 32.0 Å². The van der Waals surface area contributed by atoms with Gasteiger partial charge in [0.05, 0.1) is 24.4 Å². The number of rotatable bonds is 7. The van der Waals surface area contributed by atoms with Gasteiger partial charge < -0.3 is 24.4 Å². The number of ether oxygens (including phenoxy) is 3. The minimum atomic E-state index is -0.852. The quantitative estimate of drug-likeness (QED) is 0.684. The van der Waals surface area contributed by atoms with Crippen molar-refractivity contribution in [3.8, 4) is 11.5 Å². The van der Waals surface area contributed by atoms with Gasteiger partial charge in [-0.25, -0.2) is 4.79 Å². The molecule has 31 heavy (non-hydrogen) atoms. The molecule has 2 aromatic carbocycles. The molecule has 8 nitrogen and oxygen atoms in total. The van der Waals surface area contributed by atoms with Crippen LogP contribution in [0.2, 0.25) is 0 Å². The molecule has 0 saturated heterocycles. The maximum absolute atomic E-state index is 12.8. The molecule has 3 rings (SSSR count). The lowest BCUT2D eigenvalue weighted by atomic mass is 10.1. The summed E-state index contributed by atoms with van der Waals surface area (Å²) >= 11 is 0. The highest BCUT2D eigenvalue weighted by Gasteiger charge is 2.33. The number of para-hydroxylation sites is 2. The third-order valence-corrected chi connectivity index (χ3v) is 4.59. The molecule has 1 heterocycles. The Labute approximate surface area is 181 Å². The summed E-state index contributed by atoms with van der Waals surface area (Å²) in [6, 6.07) is 13.5. The average molecular weight is 426 g/mol. The van der Waals surface area contributed by atoms with Crippen LogP contribution < -0.4 is 19.7 Å². The number of nitrogens with zero attached hydrogens (tertiary/aromatic N) is 1. The highest BCUT2D eigenvalue weighted by molar-refractivity contribution is 5.99. The van der Waals surface area contributed by atoms with Gasteiger partial charge in [-0.2, -0.15) is 0 Å². The highest BCUT2D eigenvalue weighted by Crippen LogP contribution is 2.33. The molecule has 1 unspecified atom stereocenters. The first-order valence-corrected chi connectivity index (χ1v) is 10.1. The first kappa shape index (κ1) is 22.1. The maximum atomic E-state index is 12.8. The van der Waals surface area contributed by atoms with Crippen LogP contribution in [0.5, 0.6) is 11.5 Å². The summed E-state index contributed by atoms with van der Waals surface area (Å²) in [5, 5.41) is 2.52. The molecular formula is C23H26N2O6. The van der Waals surface area contributed by atoms with E-state index in [4.69, 9.17) is 14.2 Å². The van der Waals surface area contributed by atoms with Crippen molar-refractivity contribution in [1.82, 2.24) is 5.32 Å². The van der Waals surface area contributed by atoms with Crippen molar-refractivity contribution in [3.05, 3.63) is 54.1 Å². The van der Waals surface area contributed by atoms with E-state index in [2.05, 4.69) is 5.32 Å². The number of hydrogen-bond donors (Lipinski definition) is 1. The van der Waals surface area contributed by atoms with Crippen molar-refractivity contribution in [1.29, 1.82) is 0 Å². The van der Waals surface area contributed by atoms with E-state index in [0.717, 1.165) is 0 Å². The lowest BCUT2D eigenvalue weighted by Crippen LogP contribution is -2.51. The average Bonchev–Trinajstić information content (AvgIpc) is 2.79. The smallest absolute Gasteiger partial charge is 0.338 e. The Kier molecular flexibility index (Phi) is 7.12. The highest BCUT2D eigenvalue weighted by atomic mass is 16.5. The predicted molar refractivity (Wildman–Crippen MR) is 114 cm³/mol. The third-order valence-electron chi connectivity index (χ3n) is 4.59. The Morgan fingerprint density at radius 1 is 1.16 bits per heavy atom. The Morgan fingerprint density at radius 2 is 1.94 bits per heavy atom. The van der Waals surface area contributed by atoms with Gasteiger partial charge >= 0.3 is 5.97 Å². The number of anilines is 1. The molecule has 1 aliphatic heterocycles. The van der Waals surface area contributed by atoms with Crippen molar-refractivity contribution in [2.24, 2.45) is 5.92 Å². The molecule has 0 bridgehead atoms. The number of carbonyl (C=O) groups is 3. The van der Waals surface area contributed by atoms with Gasteiger partial charge in [0.2, 0.25) is 0 Å². The summed E-state index contributed by atoms with van der Waals surface area (Å²) in [5.41, 5.74) is 0.812. The molecule has 1 atom stereocenters. The van der Waals surface area contributed by atoms with Gasteiger partial charge in [0, 0.05) is 7.05 Å². The lowest BCUT2D eigenvalue weighted by Gasteiger charge is -2.33. The van der Waals surface area contributed by atoms with Crippen LogP contribution in [0.3, 0.4) is 0 Å². The predicted octanol–water partition coefficient (Wildman–Crippen LogP) is 2.42. The fourth-order valence-corrected chi connectivity index (χ4v) is 3.03. The van der Waals surface area contributed by atoms with Gasteiger partial charge in [0.1, 0.15) is 11.5 Å². The molecule has 0 fully saturated rings. The second-order valence-corrected chi connectivity index (χ2v) is 7.50. The van der Waals surface area contributed by atoms with E-state index < -0.39 is 24.6 Å². The van der Waals surface area contributed by atoms with Gasteiger partial charge in [-0.3, -0.25) is 9.59 Å². The number of benzene rings is 2. The summed E-state index contributed by atoms with van der Waals surface area (Å²) in [5.74, 6) is -0.106. The summed E-state index contributed by atoms with van der Waals surface area (Å²) in [6.45, 7) is 4.14. The van der Waals surface area contributed by atoms with Gasteiger partial charge in [0.25, 0.3) is 11.8 Å².